The van der Waals surface area contributed by atoms with Gasteiger partial charge in [0, 0.05) is 13.2 Å². The fraction of sp³-hybridized carbons (Fsp3) is 1.00. The molecule has 0 aromatic carbocycles. The Labute approximate surface area is 114 Å². The highest BCUT2D eigenvalue weighted by atomic mass is 16.5. The zero-order chi connectivity index (χ0) is 13.6. The zero-order valence-electron chi connectivity index (χ0n) is 13.1. The van der Waals surface area contributed by atoms with E-state index in [1.807, 2.05) is 7.11 Å². The Morgan fingerprint density at radius 2 is 1.83 bits per heavy atom. The highest BCUT2D eigenvalue weighted by Gasteiger charge is 2.40. The number of likely N-dealkylation sites (N-methyl/N-ethyl adjacent to an activating group) is 1. The lowest BCUT2D eigenvalue weighted by atomic mass is 9.74. The van der Waals surface area contributed by atoms with E-state index in [1.54, 1.807) is 0 Å². The van der Waals surface area contributed by atoms with Crippen molar-refractivity contribution in [2.75, 3.05) is 14.2 Å². The maximum absolute atomic E-state index is 5.98. The first-order valence-electron chi connectivity index (χ1n) is 7.76. The van der Waals surface area contributed by atoms with Crippen LogP contribution in [-0.4, -0.2) is 25.8 Å². The van der Waals surface area contributed by atoms with Crippen molar-refractivity contribution < 1.29 is 4.74 Å². The van der Waals surface area contributed by atoms with Crippen LogP contribution >= 0.6 is 0 Å². The first kappa shape index (κ1) is 16.0. The zero-order valence-corrected chi connectivity index (χ0v) is 13.1. The number of hydrogen-bond donors (Lipinski definition) is 1. The van der Waals surface area contributed by atoms with Crippen molar-refractivity contribution in [3.8, 4) is 0 Å². The minimum Gasteiger partial charge on any atom is -0.377 e. The summed E-state index contributed by atoms with van der Waals surface area (Å²) in [7, 11) is 4.00. The molecule has 108 valence electrons. The predicted octanol–water partition coefficient (Wildman–Crippen LogP) is 4.00. The Bertz CT molecular complexity index is 219. The molecule has 0 bridgehead atoms. The van der Waals surface area contributed by atoms with Crippen LogP contribution in [0.1, 0.15) is 65.7 Å². The van der Waals surface area contributed by atoms with E-state index in [1.165, 1.54) is 44.9 Å². The van der Waals surface area contributed by atoms with Crippen LogP contribution in [0.25, 0.3) is 0 Å². The summed E-state index contributed by atoms with van der Waals surface area (Å²) in [5, 5.41) is 3.53. The summed E-state index contributed by atoms with van der Waals surface area (Å²) in [6, 6.07) is 0.522. The average Bonchev–Trinajstić information content (AvgIpc) is 2.36. The lowest BCUT2D eigenvalue weighted by molar-refractivity contribution is -0.0754. The SMILES string of the molecule is CNC(CCCC(C)C)C1(OC)CCC(C)CC1. The van der Waals surface area contributed by atoms with Crippen molar-refractivity contribution in [3.05, 3.63) is 0 Å². The summed E-state index contributed by atoms with van der Waals surface area (Å²) >= 11 is 0. The molecule has 0 amide bonds. The molecule has 0 radical (unpaired) electrons. The molecule has 1 unspecified atom stereocenters. The second-order valence-electron chi connectivity index (χ2n) is 6.62. The Balaban J connectivity index is 2.54. The summed E-state index contributed by atoms with van der Waals surface area (Å²) in [5.41, 5.74) is 0.0955. The minimum absolute atomic E-state index is 0.0955. The number of hydrogen-bond acceptors (Lipinski definition) is 2. The molecule has 1 N–H and O–H groups in total. The molecular formula is C16H33NO. The number of rotatable bonds is 7. The van der Waals surface area contributed by atoms with Crippen LogP contribution in [0.15, 0.2) is 0 Å². The summed E-state index contributed by atoms with van der Waals surface area (Å²) in [6.07, 6.45) is 8.96. The normalized spacial score (nSPS) is 30.7. The molecule has 1 fully saturated rings. The predicted molar refractivity (Wildman–Crippen MR) is 78.9 cm³/mol. The number of nitrogens with one attached hydrogen (secondary N) is 1. The molecule has 1 atom stereocenters. The van der Waals surface area contributed by atoms with E-state index in [-0.39, 0.29) is 5.60 Å². The van der Waals surface area contributed by atoms with Gasteiger partial charge in [-0.25, -0.2) is 0 Å². The van der Waals surface area contributed by atoms with Crippen LogP contribution in [0.2, 0.25) is 0 Å². The van der Waals surface area contributed by atoms with Crippen molar-refractivity contribution in [1.29, 1.82) is 0 Å². The fourth-order valence-corrected chi connectivity index (χ4v) is 3.35. The van der Waals surface area contributed by atoms with Crippen LogP contribution < -0.4 is 5.32 Å². The first-order valence-corrected chi connectivity index (χ1v) is 7.76. The Morgan fingerprint density at radius 1 is 1.22 bits per heavy atom. The molecule has 2 nitrogen and oxygen atoms in total. The van der Waals surface area contributed by atoms with E-state index in [0.717, 1.165) is 11.8 Å². The van der Waals surface area contributed by atoms with Gasteiger partial charge in [-0.1, -0.05) is 33.6 Å². The quantitative estimate of drug-likeness (QED) is 0.742. The first-order chi connectivity index (χ1) is 8.54. The van der Waals surface area contributed by atoms with Gasteiger partial charge in [-0.15, -0.1) is 0 Å². The van der Waals surface area contributed by atoms with Crippen molar-refractivity contribution in [2.45, 2.75) is 77.4 Å². The van der Waals surface area contributed by atoms with Crippen LogP contribution in [0.3, 0.4) is 0 Å². The van der Waals surface area contributed by atoms with Gasteiger partial charge in [0.2, 0.25) is 0 Å². The maximum atomic E-state index is 5.98. The Morgan fingerprint density at radius 3 is 2.28 bits per heavy atom. The molecule has 1 rings (SSSR count). The lowest BCUT2D eigenvalue weighted by Gasteiger charge is -2.44. The van der Waals surface area contributed by atoms with Crippen molar-refractivity contribution in [3.63, 3.8) is 0 Å². The second-order valence-corrected chi connectivity index (χ2v) is 6.62. The van der Waals surface area contributed by atoms with Gasteiger partial charge in [0.15, 0.2) is 0 Å². The molecule has 18 heavy (non-hydrogen) atoms. The summed E-state index contributed by atoms with van der Waals surface area (Å²) in [5.74, 6) is 1.69. The standard InChI is InChI=1S/C16H33NO/c1-13(2)7-6-8-15(17-4)16(18-5)11-9-14(3)10-12-16/h13-15,17H,6-12H2,1-5H3. The van der Waals surface area contributed by atoms with Gasteiger partial charge < -0.3 is 10.1 Å². The van der Waals surface area contributed by atoms with E-state index < -0.39 is 0 Å². The number of methoxy groups -OCH3 is 1. The highest BCUT2D eigenvalue weighted by molar-refractivity contribution is 4.95. The van der Waals surface area contributed by atoms with E-state index in [9.17, 15) is 0 Å². The van der Waals surface area contributed by atoms with Crippen molar-refractivity contribution in [2.24, 2.45) is 11.8 Å². The molecule has 0 heterocycles. The fourth-order valence-electron chi connectivity index (χ4n) is 3.35. The summed E-state index contributed by atoms with van der Waals surface area (Å²) < 4.78 is 5.98. The van der Waals surface area contributed by atoms with Gasteiger partial charge in [0.05, 0.1) is 5.60 Å². The van der Waals surface area contributed by atoms with E-state index in [0.29, 0.717) is 6.04 Å². The van der Waals surface area contributed by atoms with Gasteiger partial charge in [-0.3, -0.25) is 0 Å². The molecule has 1 aliphatic carbocycles. The average molecular weight is 255 g/mol. The largest absolute Gasteiger partial charge is 0.377 e. The topological polar surface area (TPSA) is 21.3 Å². The summed E-state index contributed by atoms with van der Waals surface area (Å²) in [4.78, 5) is 0. The smallest absolute Gasteiger partial charge is 0.0831 e. The van der Waals surface area contributed by atoms with Crippen LogP contribution in [0.5, 0.6) is 0 Å². The Hall–Kier alpha value is -0.0800. The highest BCUT2D eigenvalue weighted by Crippen LogP contribution is 2.38. The van der Waals surface area contributed by atoms with Crippen LogP contribution in [0.4, 0.5) is 0 Å². The number of ether oxygens (including phenoxy) is 1. The van der Waals surface area contributed by atoms with E-state index >= 15 is 0 Å². The van der Waals surface area contributed by atoms with Gasteiger partial charge in [-0.05, 0) is 51.0 Å². The monoisotopic (exact) mass is 255 g/mol. The van der Waals surface area contributed by atoms with Gasteiger partial charge in [-0.2, -0.15) is 0 Å². The van der Waals surface area contributed by atoms with Crippen LogP contribution in [-0.2, 0) is 4.74 Å². The molecule has 0 spiro atoms. The van der Waals surface area contributed by atoms with E-state index in [2.05, 4.69) is 33.1 Å². The van der Waals surface area contributed by atoms with Gasteiger partial charge in [0.1, 0.15) is 0 Å². The molecule has 0 aromatic heterocycles. The third kappa shape index (κ3) is 4.24. The second kappa shape index (κ2) is 7.49. The van der Waals surface area contributed by atoms with Crippen molar-refractivity contribution >= 4 is 0 Å². The van der Waals surface area contributed by atoms with Crippen molar-refractivity contribution in [1.82, 2.24) is 5.32 Å². The third-order valence-corrected chi connectivity index (χ3v) is 4.78. The minimum atomic E-state index is 0.0955. The van der Waals surface area contributed by atoms with E-state index in [4.69, 9.17) is 4.74 Å². The molecule has 2 heteroatoms. The third-order valence-electron chi connectivity index (χ3n) is 4.78. The van der Waals surface area contributed by atoms with Gasteiger partial charge >= 0.3 is 0 Å². The van der Waals surface area contributed by atoms with Crippen LogP contribution in [0, 0.1) is 11.8 Å². The summed E-state index contributed by atoms with van der Waals surface area (Å²) in [6.45, 7) is 6.98. The molecule has 0 aliphatic heterocycles. The maximum Gasteiger partial charge on any atom is 0.0831 e. The molecule has 0 saturated heterocycles. The Kier molecular flexibility index (Phi) is 6.65. The molecule has 0 aromatic rings. The molecule has 1 saturated carbocycles. The van der Waals surface area contributed by atoms with Gasteiger partial charge in [0.25, 0.3) is 0 Å². The molecular weight excluding hydrogens is 222 g/mol. The lowest BCUT2D eigenvalue weighted by Crippen LogP contribution is -2.52. The molecule has 1 aliphatic rings.